The van der Waals surface area contributed by atoms with Crippen molar-refractivity contribution in [2.24, 2.45) is 5.73 Å². The molecule has 4 N–H and O–H groups in total. The minimum absolute atomic E-state index is 0.0235. The first-order valence-corrected chi connectivity index (χ1v) is 4.37. The zero-order chi connectivity index (χ0) is 9.14. The molecule has 70 valence electrons. The van der Waals surface area contributed by atoms with E-state index in [-0.39, 0.29) is 24.5 Å². The lowest BCUT2D eigenvalue weighted by molar-refractivity contribution is 0.148. The Bertz CT molecular complexity index is 172. The molecule has 4 nitrogen and oxygen atoms in total. The average molecular weight is 171 g/mol. The van der Waals surface area contributed by atoms with Crippen molar-refractivity contribution in [1.29, 1.82) is 5.41 Å². The lowest BCUT2D eigenvalue weighted by atomic mass is 10.2. The zero-order valence-electron chi connectivity index (χ0n) is 7.45. The maximum atomic E-state index is 9.01. The van der Waals surface area contributed by atoms with E-state index >= 15 is 0 Å². The van der Waals surface area contributed by atoms with Crippen LogP contribution in [0.5, 0.6) is 0 Å². The van der Waals surface area contributed by atoms with E-state index in [9.17, 15) is 0 Å². The molecule has 0 amide bonds. The van der Waals surface area contributed by atoms with Crippen molar-refractivity contribution in [1.82, 2.24) is 4.90 Å². The highest BCUT2D eigenvalue weighted by molar-refractivity contribution is 5.82. The fourth-order valence-corrected chi connectivity index (χ4v) is 1.74. The minimum atomic E-state index is -0.0235. The zero-order valence-corrected chi connectivity index (χ0v) is 7.45. The smallest absolute Gasteiger partial charge is 0.108 e. The summed E-state index contributed by atoms with van der Waals surface area (Å²) in [5.74, 6) is 0.190. The van der Waals surface area contributed by atoms with Crippen molar-refractivity contribution in [2.75, 3.05) is 13.2 Å². The van der Waals surface area contributed by atoms with E-state index in [0.29, 0.717) is 0 Å². The van der Waals surface area contributed by atoms with Gasteiger partial charge in [-0.05, 0) is 26.3 Å². The molecule has 0 aromatic heterocycles. The standard InChI is InChI=1S/C8H17N3O/c1-6(8(9)10)11-4-2-3-7(11)5-12/h6-7,12H,2-5H2,1H3,(H3,9,10). The molecule has 12 heavy (non-hydrogen) atoms. The van der Waals surface area contributed by atoms with Crippen LogP contribution in [0.4, 0.5) is 0 Å². The molecule has 0 bridgehead atoms. The van der Waals surface area contributed by atoms with Crippen LogP contribution >= 0.6 is 0 Å². The lowest BCUT2D eigenvalue weighted by Crippen LogP contribution is -2.46. The second-order valence-corrected chi connectivity index (χ2v) is 3.35. The molecule has 1 aliphatic heterocycles. The summed E-state index contributed by atoms with van der Waals surface area (Å²) in [6.07, 6.45) is 2.12. The molecule has 1 fully saturated rings. The Morgan fingerprint density at radius 2 is 2.50 bits per heavy atom. The number of likely N-dealkylation sites (tertiary alicyclic amines) is 1. The van der Waals surface area contributed by atoms with E-state index in [1.165, 1.54) is 0 Å². The van der Waals surface area contributed by atoms with Crippen LogP contribution in [0, 0.1) is 5.41 Å². The van der Waals surface area contributed by atoms with Crippen LogP contribution in [0.25, 0.3) is 0 Å². The summed E-state index contributed by atoms with van der Waals surface area (Å²) in [5, 5.41) is 16.3. The van der Waals surface area contributed by atoms with Gasteiger partial charge in [-0.15, -0.1) is 0 Å². The normalized spacial score (nSPS) is 27.3. The Hall–Kier alpha value is -0.610. The number of rotatable bonds is 3. The molecule has 2 unspecified atom stereocenters. The molecule has 4 heteroatoms. The first-order valence-electron chi connectivity index (χ1n) is 4.37. The van der Waals surface area contributed by atoms with Crippen molar-refractivity contribution in [2.45, 2.75) is 31.8 Å². The SMILES string of the molecule is CC(C(=N)N)N1CCCC1CO. The first-order chi connectivity index (χ1) is 5.66. The Kier molecular flexibility index (Phi) is 3.05. The summed E-state index contributed by atoms with van der Waals surface area (Å²) >= 11 is 0. The summed E-state index contributed by atoms with van der Waals surface area (Å²) in [4.78, 5) is 2.10. The maximum absolute atomic E-state index is 9.01. The second-order valence-electron chi connectivity index (χ2n) is 3.35. The van der Waals surface area contributed by atoms with Gasteiger partial charge in [0.25, 0.3) is 0 Å². The predicted octanol–water partition coefficient (Wildman–Crippen LogP) is -0.232. The predicted molar refractivity (Wildman–Crippen MR) is 48.2 cm³/mol. The molecule has 0 radical (unpaired) electrons. The van der Waals surface area contributed by atoms with Gasteiger partial charge in [-0.25, -0.2) is 0 Å². The van der Waals surface area contributed by atoms with Gasteiger partial charge in [0.1, 0.15) is 5.84 Å². The van der Waals surface area contributed by atoms with Crippen LogP contribution < -0.4 is 5.73 Å². The van der Waals surface area contributed by atoms with Crippen LogP contribution in [0.1, 0.15) is 19.8 Å². The number of nitrogens with one attached hydrogen (secondary N) is 1. The van der Waals surface area contributed by atoms with Gasteiger partial charge < -0.3 is 10.8 Å². The minimum Gasteiger partial charge on any atom is -0.395 e. The van der Waals surface area contributed by atoms with Crippen LogP contribution in [0.2, 0.25) is 0 Å². The van der Waals surface area contributed by atoms with Gasteiger partial charge in [0.05, 0.1) is 12.6 Å². The lowest BCUT2D eigenvalue weighted by Gasteiger charge is -2.28. The quantitative estimate of drug-likeness (QED) is 0.405. The summed E-state index contributed by atoms with van der Waals surface area (Å²) in [5.41, 5.74) is 5.39. The van der Waals surface area contributed by atoms with Crippen molar-refractivity contribution < 1.29 is 5.11 Å². The van der Waals surface area contributed by atoms with Crippen molar-refractivity contribution >= 4 is 5.84 Å². The van der Waals surface area contributed by atoms with Crippen LogP contribution in [0.3, 0.4) is 0 Å². The van der Waals surface area contributed by atoms with Crippen LogP contribution in [-0.4, -0.2) is 41.1 Å². The largest absolute Gasteiger partial charge is 0.395 e. The van der Waals surface area contributed by atoms with Gasteiger partial charge >= 0.3 is 0 Å². The summed E-state index contributed by atoms with van der Waals surface area (Å²) < 4.78 is 0. The summed E-state index contributed by atoms with van der Waals surface area (Å²) in [6, 6.07) is 0.188. The van der Waals surface area contributed by atoms with E-state index in [1.54, 1.807) is 0 Å². The van der Waals surface area contributed by atoms with Crippen LogP contribution in [-0.2, 0) is 0 Å². The molecule has 1 saturated heterocycles. The maximum Gasteiger partial charge on any atom is 0.108 e. The molecular weight excluding hydrogens is 154 g/mol. The van der Waals surface area contributed by atoms with Crippen molar-refractivity contribution in [3.63, 3.8) is 0 Å². The van der Waals surface area contributed by atoms with Gasteiger partial charge in [-0.1, -0.05) is 0 Å². The highest BCUT2D eigenvalue weighted by Crippen LogP contribution is 2.19. The molecule has 0 aromatic carbocycles. The third-order valence-electron chi connectivity index (χ3n) is 2.58. The Labute approximate surface area is 72.9 Å². The molecule has 1 aliphatic rings. The fraction of sp³-hybridized carbons (Fsp3) is 0.875. The van der Waals surface area contributed by atoms with Gasteiger partial charge in [-0.3, -0.25) is 10.3 Å². The van der Waals surface area contributed by atoms with Gasteiger partial charge in [0, 0.05) is 6.04 Å². The molecule has 0 aliphatic carbocycles. The van der Waals surface area contributed by atoms with E-state index in [4.69, 9.17) is 16.2 Å². The second kappa shape index (κ2) is 3.87. The number of amidine groups is 1. The van der Waals surface area contributed by atoms with Crippen molar-refractivity contribution in [3.8, 4) is 0 Å². The number of aliphatic hydroxyl groups excluding tert-OH is 1. The number of hydrogen-bond acceptors (Lipinski definition) is 3. The van der Waals surface area contributed by atoms with E-state index < -0.39 is 0 Å². The third-order valence-corrected chi connectivity index (χ3v) is 2.58. The third kappa shape index (κ3) is 1.76. The summed E-state index contributed by atoms with van der Waals surface area (Å²) in [7, 11) is 0. The van der Waals surface area contributed by atoms with E-state index in [0.717, 1.165) is 19.4 Å². The van der Waals surface area contributed by atoms with Gasteiger partial charge in [0.15, 0.2) is 0 Å². The topological polar surface area (TPSA) is 73.3 Å². The monoisotopic (exact) mass is 171 g/mol. The highest BCUT2D eigenvalue weighted by Gasteiger charge is 2.28. The molecule has 1 heterocycles. The summed E-state index contributed by atoms with van der Waals surface area (Å²) in [6.45, 7) is 3.04. The molecule has 0 aromatic rings. The number of hydrogen-bond donors (Lipinski definition) is 3. The van der Waals surface area contributed by atoms with E-state index in [1.807, 2.05) is 6.92 Å². The molecular formula is C8H17N3O. The van der Waals surface area contributed by atoms with Gasteiger partial charge in [-0.2, -0.15) is 0 Å². The van der Waals surface area contributed by atoms with E-state index in [2.05, 4.69) is 4.90 Å². The Morgan fingerprint density at radius 1 is 1.83 bits per heavy atom. The molecule has 1 rings (SSSR count). The number of aliphatic hydroxyl groups is 1. The average Bonchev–Trinajstić information content (AvgIpc) is 2.49. The fourth-order valence-electron chi connectivity index (χ4n) is 1.74. The molecule has 2 atom stereocenters. The Morgan fingerprint density at radius 3 is 3.00 bits per heavy atom. The number of nitrogens with zero attached hydrogens (tertiary/aromatic N) is 1. The Balaban J connectivity index is 2.55. The van der Waals surface area contributed by atoms with Crippen LogP contribution in [0.15, 0.2) is 0 Å². The first kappa shape index (κ1) is 9.48. The molecule has 0 spiro atoms. The molecule has 0 saturated carbocycles. The highest BCUT2D eigenvalue weighted by atomic mass is 16.3. The van der Waals surface area contributed by atoms with Crippen molar-refractivity contribution in [3.05, 3.63) is 0 Å². The van der Waals surface area contributed by atoms with Gasteiger partial charge in [0.2, 0.25) is 0 Å². The number of nitrogens with two attached hydrogens (primary N) is 1.